The Morgan fingerprint density at radius 1 is 1.24 bits per heavy atom. The van der Waals surface area contributed by atoms with Gasteiger partial charge >= 0.3 is 6.18 Å². The van der Waals surface area contributed by atoms with Crippen molar-refractivity contribution in [2.75, 3.05) is 20.1 Å². The van der Waals surface area contributed by atoms with E-state index in [1.165, 1.54) is 0 Å². The fraction of sp³-hybridized carbons (Fsp3) is 0.733. The zero-order valence-electron chi connectivity index (χ0n) is 15.1. The highest BCUT2D eigenvalue weighted by atomic mass is 127. The smallest absolute Gasteiger partial charge is 0.355 e. The maximum Gasteiger partial charge on any atom is 0.434 e. The lowest BCUT2D eigenvalue weighted by molar-refractivity contribution is -0.140. The van der Waals surface area contributed by atoms with Crippen molar-refractivity contribution in [1.29, 1.82) is 0 Å². The molecule has 10 heteroatoms. The van der Waals surface area contributed by atoms with Crippen LogP contribution in [-0.4, -0.2) is 48.1 Å². The fourth-order valence-electron chi connectivity index (χ4n) is 2.32. The van der Waals surface area contributed by atoms with E-state index in [2.05, 4.69) is 53.2 Å². The van der Waals surface area contributed by atoms with E-state index < -0.39 is 11.9 Å². The summed E-state index contributed by atoms with van der Waals surface area (Å²) in [6.45, 7) is 10.3. The van der Waals surface area contributed by atoms with Gasteiger partial charge < -0.3 is 10.6 Å². The number of hydrogen-bond donors (Lipinski definition) is 2. The summed E-state index contributed by atoms with van der Waals surface area (Å²) < 4.78 is 37.6. The quantitative estimate of drug-likeness (QED) is 0.347. The van der Waals surface area contributed by atoms with Crippen molar-refractivity contribution in [3.63, 3.8) is 0 Å². The first-order valence-corrected chi connectivity index (χ1v) is 8.75. The van der Waals surface area contributed by atoms with Crippen molar-refractivity contribution in [3.8, 4) is 0 Å². The number of hydrogen-bond acceptors (Lipinski definition) is 4. The molecular formula is C15H27F3IN5S. The number of rotatable bonds is 7. The molecule has 1 heterocycles. The van der Waals surface area contributed by atoms with Gasteiger partial charge in [0.2, 0.25) is 0 Å². The summed E-state index contributed by atoms with van der Waals surface area (Å²) >= 11 is 0.981. The second kappa shape index (κ2) is 11.2. The molecule has 0 atom stereocenters. The lowest BCUT2D eigenvalue weighted by Crippen LogP contribution is -2.45. The van der Waals surface area contributed by atoms with E-state index in [0.717, 1.165) is 23.3 Å². The van der Waals surface area contributed by atoms with E-state index in [0.29, 0.717) is 29.6 Å². The number of alkyl halides is 3. The van der Waals surface area contributed by atoms with Gasteiger partial charge in [-0.05, 0) is 27.7 Å². The van der Waals surface area contributed by atoms with Crippen LogP contribution in [0.5, 0.6) is 0 Å². The topological polar surface area (TPSA) is 52.6 Å². The van der Waals surface area contributed by atoms with Gasteiger partial charge in [-0.2, -0.15) is 13.2 Å². The van der Waals surface area contributed by atoms with Crippen LogP contribution < -0.4 is 10.6 Å². The first-order chi connectivity index (χ1) is 11.1. The number of nitrogens with zero attached hydrogens (tertiary/aromatic N) is 3. The summed E-state index contributed by atoms with van der Waals surface area (Å²) in [6, 6.07) is 0.885. The molecule has 146 valence electrons. The second-order valence-corrected chi connectivity index (χ2v) is 6.84. The van der Waals surface area contributed by atoms with Crippen LogP contribution in [-0.2, 0) is 12.7 Å². The Balaban J connectivity index is 0.00000576. The van der Waals surface area contributed by atoms with Gasteiger partial charge in [0.25, 0.3) is 0 Å². The summed E-state index contributed by atoms with van der Waals surface area (Å²) in [5.41, 5.74) is -0.850. The highest BCUT2D eigenvalue weighted by Crippen LogP contribution is 2.29. The summed E-state index contributed by atoms with van der Waals surface area (Å²) in [5.74, 6) is 0.547. The molecule has 0 spiro atoms. The monoisotopic (exact) mass is 493 g/mol. The highest BCUT2D eigenvalue weighted by Gasteiger charge is 2.33. The Hall–Kier alpha value is -0.620. The Morgan fingerprint density at radius 3 is 2.28 bits per heavy atom. The maximum atomic E-state index is 12.5. The minimum Gasteiger partial charge on any atom is -0.355 e. The molecule has 0 unspecified atom stereocenters. The first-order valence-electron chi connectivity index (χ1n) is 7.87. The Kier molecular flexibility index (Phi) is 10.9. The van der Waals surface area contributed by atoms with Gasteiger partial charge in [0.1, 0.15) is 5.01 Å². The van der Waals surface area contributed by atoms with E-state index in [-0.39, 0.29) is 30.5 Å². The van der Waals surface area contributed by atoms with Crippen molar-refractivity contribution in [1.82, 2.24) is 20.5 Å². The van der Waals surface area contributed by atoms with Gasteiger partial charge in [-0.1, -0.05) is 0 Å². The number of aliphatic imine (C=N–C) groups is 1. The summed E-state index contributed by atoms with van der Waals surface area (Å²) in [4.78, 5) is 10.0. The molecule has 25 heavy (non-hydrogen) atoms. The molecule has 1 rings (SSSR count). The number of aromatic nitrogens is 1. The predicted molar refractivity (Wildman–Crippen MR) is 108 cm³/mol. The highest BCUT2D eigenvalue weighted by molar-refractivity contribution is 14.0. The molecule has 0 aliphatic carbocycles. The van der Waals surface area contributed by atoms with E-state index in [1.807, 2.05) is 0 Å². The zero-order valence-corrected chi connectivity index (χ0v) is 18.3. The number of guanidine groups is 1. The van der Waals surface area contributed by atoms with Crippen LogP contribution in [0.15, 0.2) is 10.4 Å². The Labute approximate surface area is 168 Å². The van der Waals surface area contributed by atoms with Crippen LogP contribution in [0.2, 0.25) is 0 Å². The number of nitrogens with one attached hydrogen (secondary N) is 2. The van der Waals surface area contributed by atoms with E-state index in [4.69, 9.17) is 0 Å². The average Bonchev–Trinajstić information content (AvgIpc) is 2.94. The fourth-order valence-corrected chi connectivity index (χ4v) is 3.06. The number of halogens is 4. The molecule has 2 N–H and O–H groups in total. The lowest BCUT2D eigenvalue weighted by Gasteiger charge is -2.30. The molecule has 0 aliphatic heterocycles. The Bertz CT molecular complexity index is 523. The van der Waals surface area contributed by atoms with E-state index in [1.54, 1.807) is 7.05 Å². The average molecular weight is 493 g/mol. The molecule has 1 aromatic heterocycles. The molecule has 1 aromatic rings. The van der Waals surface area contributed by atoms with Gasteiger partial charge in [0.05, 0.1) is 6.54 Å². The van der Waals surface area contributed by atoms with Crippen LogP contribution in [0, 0.1) is 0 Å². The van der Waals surface area contributed by atoms with Crippen molar-refractivity contribution in [2.24, 2.45) is 4.99 Å². The van der Waals surface area contributed by atoms with Gasteiger partial charge in [-0.25, -0.2) is 4.98 Å². The van der Waals surface area contributed by atoms with Gasteiger partial charge in [0, 0.05) is 37.6 Å². The van der Waals surface area contributed by atoms with Crippen LogP contribution >= 0.6 is 35.3 Å². The van der Waals surface area contributed by atoms with Crippen LogP contribution in [0.25, 0.3) is 0 Å². The minimum absolute atomic E-state index is 0. The molecule has 0 radical (unpaired) electrons. The second-order valence-electron chi connectivity index (χ2n) is 5.90. The normalized spacial score (nSPS) is 12.7. The third-order valence-electron chi connectivity index (χ3n) is 3.46. The number of thiazole rings is 1. The molecule has 5 nitrogen and oxygen atoms in total. The first kappa shape index (κ1) is 24.4. The molecule has 0 amide bonds. The van der Waals surface area contributed by atoms with Crippen molar-refractivity contribution >= 4 is 41.3 Å². The molecule has 0 fully saturated rings. The predicted octanol–water partition coefficient (Wildman–Crippen LogP) is 3.56. The molecule has 0 aromatic carbocycles. The van der Waals surface area contributed by atoms with Crippen molar-refractivity contribution in [2.45, 2.75) is 52.5 Å². The van der Waals surface area contributed by atoms with Crippen LogP contribution in [0.3, 0.4) is 0 Å². The van der Waals surface area contributed by atoms with E-state index >= 15 is 0 Å². The van der Waals surface area contributed by atoms with Crippen molar-refractivity contribution < 1.29 is 13.2 Å². The maximum absolute atomic E-state index is 12.5. The summed E-state index contributed by atoms with van der Waals surface area (Å²) in [7, 11) is 1.63. The van der Waals surface area contributed by atoms with Gasteiger partial charge in [0.15, 0.2) is 11.7 Å². The van der Waals surface area contributed by atoms with Crippen LogP contribution in [0.1, 0.15) is 38.4 Å². The Morgan fingerprint density at radius 2 is 1.84 bits per heavy atom. The SMILES string of the molecule is CN=C(NCCN(C(C)C)C(C)C)NCc1nc(C(F)(F)F)cs1.I. The van der Waals surface area contributed by atoms with Crippen molar-refractivity contribution in [3.05, 3.63) is 16.1 Å². The zero-order chi connectivity index (χ0) is 18.3. The summed E-state index contributed by atoms with van der Waals surface area (Å²) in [6.07, 6.45) is -4.40. The minimum atomic E-state index is -4.40. The lowest BCUT2D eigenvalue weighted by atomic mass is 10.2. The molecule has 0 aliphatic rings. The van der Waals surface area contributed by atoms with Gasteiger partial charge in [-0.3, -0.25) is 9.89 Å². The largest absolute Gasteiger partial charge is 0.434 e. The third kappa shape index (κ3) is 8.54. The third-order valence-corrected chi connectivity index (χ3v) is 4.31. The van der Waals surface area contributed by atoms with Crippen LogP contribution in [0.4, 0.5) is 13.2 Å². The van der Waals surface area contributed by atoms with E-state index in [9.17, 15) is 13.2 Å². The van der Waals surface area contributed by atoms with Gasteiger partial charge in [-0.15, -0.1) is 35.3 Å². The molecular weight excluding hydrogens is 466 g/mol. The molecule has 0 saturated carbocycles. The molecule has 0 bridgehead atoms. The standard InChI is InChI=1S/C15H26F3N5S.HI/c1-10(2)23(11(3)4)7-6-20-14(19-5)21-8-13-22-12(9-24-13)15(16,17)18;/h9-11H,6-8H2,1-5H3,(H2,19,20,21);1H. The summed E-state index contributed by atoms with van der Waals surface area (Å²) in [5, 5.41) is 7.55. The molecule has 0 saturated heterocycles.